The van der Waals surface area contributed by atoms with E-state index in [0.29, 0.717) is 27.0 Å². The molecule has 7 heteroatoms. The van der Waals surface area contributed by atoms with E-state index in [9.17, 15) is 9.59 Å². The minimum atomic E-state index is -0.336. The Morgan fingerprint density at radius 2 is 1.68 bits per heavy atom. The van der Waals surface area contributed by atoms with Crippen LogP contribution in [0.2, 0.25) is 10.0 Å². The second kappa shape index (κ2) is 7.26. The first-order valence-corrected chi connectivity index (χ1v) is 7.11. The Bertz CT molecular complexity index is 702. The third-order valence-corrected chi connectivity index (χ3v) is 3.37. The summed E-state index contributed by atoms with van der Waals surface area (Å²) in [6.45, 7) is -0.130. The van der Waals surface area contributed by atoms with Gasteiger partial charge in [0, 0.05) is 16.3 Å². The smallest absolute Gasteiger partial charge is 0.255 e. The van der Waals surface area contributed by atoms with Gasteiger partial charge in [0.25, 0.3) is 5.91 Å². The van der Waals surface area contributed by atoms with Crippen molar-refractivity contribution in [2.45, 2.75) is 0 Å². The summed E-state index contributed by atoms with van der Waals surface area (Å²) in [5.41, 5.74) is 6.56. The van der Waals surface area contributed by atoms with Gasteiger partial charge in [0.2, 0.25) is 5.91 Å². The summed E-state index contributed by atoms with van der Waals surface area (Å²) < 4.78 is 0. The summed E-state index contributed by atoms with van der Waals surface area (Å²) in [7, 11) is 0. The minimum Gasteiger partial charge on any atom is -0.325 e. The van der Waals surface area contributed by atoms with Crippen LogP contribution in [0.15, 0.2) is 42.5 Å². The minimum absolute atomic E-state index is 0.130. The number of anilines is 2. The van der Waals surface area contributed by atoms with Crippen LogP contribution in [-0.2, 0) is 4.79 Å². The van der Waals surface area contributed by atoms with E-state index < -0.39 is 0 Å². The molecule has 2 rings (SSSR count). The largest absolute Gasteiger partial charge is 0.325 e. The van der Waals surface area contributed by atoms with Crippen molar-refractivity contribution in [2.75, 3.05) is 17.2 Å². The molecular formula is C15H13Cl2N3O2. The Labute approximate surface area is 137 Å². The number of hydrogen-bond donors (Lipinski definition) is 3. The number of hydrogen-bond acceptors (Lipinski definition) is 3. The molecule has 4 N–H and O–H groups in total. The number of benzene rings is 2. The van der Waals surface area contributed by atoms with Crippen LogP contribution in [0, 0.1) is 0 Å². The fraction of sp³-hybridized carbons (Fsp3) is 0.0667. The van der Waals surface area contributed by atoms with E-state index in [1.54, 1.807) is 42.5 Å². The Morgan fingerprint density at radius 3 is 2.32 bits per heavy atom. The highest BCUT2D eigenvalue weighted by atomic mass is 35.5. The van der Waals surface area contributed by atoms with Gasteiger partial charge in [-0.25, -0.2) is 0 Å². The van der Waals surface area contributed by atoms with Crippen LogP contribution < -0.4 is 16.4 Å². The van der Waals surface area contributed by atoms with Gasteiger partial charge >= 0.3 is 0 Å². The summed E-state index contributed by atoms with van der Waals surface area (Å²) in [6.07, 6.45) is 0. The van der Waals surface area contributed by atoms with Gasteiger partial charge in [-0.05, 0) is 42.5 Å². The highest BCUT2D eigenvalue weighted by molar-refractivity contribution is 6.34. The number of nitrogens with two attached hydrogens (primary N) is 1. The molecule has 0 radical (unpaired) electrons. The number of halogens is 2. The van der Waals surface area contributed by atoms with E-state index in [-0.39, 0.29) is 18.4 Å². The summed E-state index contributed by atoms with van der Waals surface area (Å²) in [5.74, 6) is -0.668. The number of carbonyl (C=O) groups excluding carboxylic acids is 2. The Balaban J connectivity index is 2.17. The third-order valence-electron chi connectivity index (χ3n) is 2.79. The van der Waals surface area contributed by atoms with Crippen molar-refractivity contribution in [3.63, 3.8) is 0 Å². The fourth-order valence-electron chi connectivity index (χ4n) is 1.71. The van der Waals surface area contributed by atoms with Crippen LogP contribution in [0.5, 0.6) is 0 Å². The summed E-state index contributed by atoms with van der Waals surface area (Å²) >= 11 is 11.8. The summed E-state index contributed by atoms with van der Waals surface area (Å²) in [4.78, 5) is 23.4. The van der Waals surface area contributed by atoms with Crippen LogP contribution in [0.4, 0.5) is 11.4 Å². The maximum atomic E-state index is 12.1. The maximum absolute atomic E-state index is 12.1. The van der Waals surface area contributed by atoms with Gasteiger partial charge in [-0.15, -0.1) is 0 Å². The van der Waals surface area contributed by atoms with Crippen LogP contribution >= 0.6 is 23.2 Å². The van der Waals surface area contributed by atoms with E-state index >= 15 is 0 Å². The van der Waals surface area contributed by atoms with Gasteiger partial charge in [0.1, 0.15) is 0 Å². The van der Waals surface area contributed by atoms with Gasteiger partial charge in [0.05, 0.1) is 17.3 Å². The van der Waals surface area contributed by atoms with Crippen LogP contribution in [0.1, 0.15) is 10.4 Å². The van der Waals surface area contributed by atoms with Gasteiger partial charge in [-0.1, -0.05) is 23.2 Å². The molecule has 0 spiro atoms. The molecule has 0 unspecified atom stereocenters. The van der Waals surface area contributed by atoms with Crippen LogP contribution in [-0.4, -0.2) is 18.4 Å². The lowest BCUT2D eigenvalue weighted by Gasteiger charge is -2.10. The zero-order valence-electron chi connectivity index (χ0n) is 11.4. The second-order valence-corrected chi connectivity index (χ2v) is 5.25. The molecule has 2 amide bonds. The fourth-order valence-corrected chi connectivity index (χ4v) is 2.00. The molecule has 0 saturated heterocycles. The van der Waals surface area contributed by atoms with Gasteiger partial charge < -0.3 is 16.4 Å². The molecule has 2 aromatic carbocycles. The molecule has 0 heterocycles. The first-order chi connectivity index (χ1) is 10.5. The summed E-state index contributed by atoms with van der Waals surface area (Å²) in [5, 5.41) is 6.17. The summed E-state index contributed by atoms with van der Waals surface area (Å²) in [6, 6.07) is 11.2. The number of carbonyl (C=O) groups is 2. The predicted octanol–water partition coefficient (Wildman–Crippen LogP) is 3.14. The predicted molar refractivity (Wildman–Crippen MR) is 88.5 cm³/mol. The highest BCUT2D eigenvalue weighted by Crippen LogP contribution is 2.26. The van der Waals surface area contributed by atoms with Crippen molar-refractivity contribution in [3.8, 4) is 0 Å². The zero-order chi connectivity index (χ0) is 16.1. The van der Waals surface area contributed by atoms with Gasteiger partial charge in [0.15, 0.2) is 0 Å². The van der Waals surface area contributed by atoms with Crippen LogP contribution in [0.3, 0.4) is 0 Å². The first kappa shape index (κ1) is 16.3. The van der Waals surface area contributed by atoms with Gasteiger partial charge in [-0.3, -0.25) is 9.59 Å². The van der Waals surface area contributed by atoms with E-state index in [4.69, 9.17) is 28.9 Å². The number of nitrogens with one attached hydrogen (secondary N) is 2. The normalized spacial score (nSPS) is 10.1. The molecule has 2 aromatic rings. The van der Waals surface area contributed by atoms with E-state index in [1.165, 1.54) is 0 Å². The molecular weight excluding hydrogens is 325 g/mol. The molecule has 0 atom stereocenters. The quantitative estimate of drug-likeness (QED) is 0.801. The average Bonchev–Trinajstić information content (AvgIpc) is 2.51. The van der Waals surface area contributed by atoms with E-state index in [1.807, 2.05) is 0 Å². The molecule has 0 aliphatic rings. The number of rotatable bonds is 4. The molecule has 0 saturated carbocycles. The van der Waals surface area contributed by atoms with Crippen molar-refractivity contribution in [2.24, 2.45) is 5.73 Å². The third kappa shape index (κ3) is 4.21. The monoisotopic (exact) mass is 337 g/mol. The van der Waals surface area contributed by atoms with Gasteiger partial charge in [-0.2, -0.15) is 0 Å². The number of amides is 2. The van der Waals surface area contributed by atoms with E-state index in [0.717, 1.165) is 0 Å². The maximum Gasteiger partial charge on any atom is 0.255 e. The Hall–Kier alpha value is -2.08. The Kier molecular flexibility index (Phi) is 5.38. The first-order valence-electron chi connectivity index (χ1n) is 6.36. The van der Waals surface area contributed by atoms with Crippen LogP contribution in [0.25, 0.3) is 0 Å². The van der Waals surface area contributed by atoms with Crippen molar-refractivity contribution in [1.29, 1.82) is 0 Å². The molecule has 0 aliphatic heterocycles. The molecule has 0 aliphatic carbocycles. The van der Waals surface area contributed by atoms with E-state index in [2.05, 4.69) is 10.6 Å². The molecule has 5 nitrogen and oxygen atoms in total. The lowest BCUT2D eigenvalue weighted by Crippen LogP contribution is -2.22. The molecule has 22 heavy (non-hydrogen) atoms. The van der Waals surface area contributed by atoms with Crippen molar-refractivity contribution >= 4 is 46.4 Å². The topological polar surface area (TPSA) is 84.2 Å². The van der Waals surface area contributed by atoms with Crippen molar-refractivity contribution in [1.82, 2.24) is 0 Å². The lowest BCUT2D eigenvalue weighted by molar-refractivity contribution is -0.114. The molecule has 0 bridgehead atoms. The SMILES string of the molecule is NCC(=O)Nc1ccc(Cl)c(NC(=O)c2ccc(Cl)cc2)c1. The molecule has 0 aromatic heterocycles. The second-order valence-electron chi connectivity index (χ2n) is 4.41. The Morgan fingerprint density at radius 1 is 1.00 bits per heavy atom. The molecule has 0 fully saturated rings. The zero-order valence-corrected chi connectivity index (χ0v) is 12.9. The molecule has 114 valence electrons. The highest BCUT2D eigenvalue weighted by Gasteiger charge is 2.10. The van der Waals surface area contributed by atoms with Crippen molar-refractivity contribution in [3.05, 3.63) is 58.1 Å². The standard InChI is InChI=1S/C15H13Cl2N3O2/c16-10-3-1-9(2-4-10)15(22)20-13-7-11(5-6-12(13)17)19-14(21)8-18/h1-7H,8,18H2,(H,19,21)(H,20,22). The average molecular weight is 338 g/mol. The van der Waals surface area contributed by atoms with Crippen molar-refractivity contribution < 1.29 is 9.59 Å². The lowest BCUT2D eigenvalue weighted by atomic mass is 10.2.